The van der Waals surface area contributed by atoms with Gasteiger partial charge in [0.1, 0.15) is 0 Å². The van der Waals surface area contributed by atoms with Crippen molar-refractivity contribution in [2.24, 2.45) is 17.8 Å². The second-order valence-corrected chi connectivity index (χ2v) is 6.20. The van der Waals surface area contributed by atoms with Crippen LogP contribution in [0.15, 0.2) is 0 Å². The number of hydrogen-bond donors (Lipinski definition) is 2. The Morgan fingerprint density at radius 1 is 1.28 bits per heavy atom. The Hall–Kier alpha value is -0.120. The lowest BCUT2D eigenvalue weighted by Gasteiger charge is -2.22. The zero-order valence-corrected chi connectivity index (χ0v) is 12.5. The minimum Gasteiger partial charge on any atom is -0.389 e. The number of nitrogens with one attached hydrogen (secondary N) is 1. The van der Waals surface area contributed by atoms with E-state index in [2.05, 4.69) is 33.0 Å². The zero-order chi connectivity index (χ0) is 13.5. The molecule has 1 saturated carbocycles. The van der Waals surface area contributed by atoms with E-state index in [1.807, 2.05) is 0 Å². The Labute approximate surface area is 112 Å². The van der Waals surface area contributed by atoms with Gasteiger partial charge in [-0.25, -0.2) is 0 Å². The molecule has 0 radical (unpaired) electrons. The molecule has 0 aromatic carbocycles. The first-order valence-corrected chi connectivity index (χ1v) is 7.53. The average Bonchev–Trinajstić information content (AvgIpc) is 2.67. The van der Waals surface area contributed by atoms with E-state index in [9.17, 15) is 5.11 Å². The molecular formula is C15H31NO2. The van der Waals surface area contributed by atoms with Gasteiger partial charge in [0, 0.05) is 19.2 Å². The van der Waals surface area contributed by atoms with Gasteiger partial charge in [-0.1, -0.05) is 34.1 Å². The predicted octanol–water partition coefficient (Wildman–Crippen LogP) is 2.43. The maximum Gasteiger partial charge on any atom is 0.0897 e. The van der Waals surface area contributed by atoms with Crippen LogP contribution in [-0.4, -0.2) is 37.0 Å². The molecule has 1 aliphatic rings. The summed E-state index contributed by atoms with van der Waals surface area (Å²) in [4.78, 5) is 0. The molecule has 4 unspecified atom stereocenters. The highest BCUT2D eigenvalue weighted by Crippen LogP contribution is 2.33. The van der Waals surface area contributed by atoms with Crippen LogP contribution < -0.4 is 5.32 Å². The molecule has 0 saturated heterocycles. The Kier molecular flexibility index (Phi) is 7.20. The Morgan fingerprint density at radius 3 is 2.56 bits per heavy atom. The Morgan fingerprint density at radius 2 is 2.00 bits per heavy atom. The van der Waals surface area contributed by atoms with Crippen molar-refractivity contribution in [2.45, 2.75) is 59.1 Å². The van der Waals surface area contributed by atoms with Gasteiger partial charge in [0.25, 0.3) is 0 Å². The van der Waals surface area contributed by atoms with E-state index in [0.29, 0.717) is 25.1 Å². The summed E-state index contributed by atoms with van der Waals surface area (Å²) >= 11 is 0. The molecule has 3 heteroatoms. The van der Waals surface area contributed by atoms with Crippen molar-refractivity contribution < 1.29 is 9.84 Å². The highest BCUT2D eigenvalue weighted by Gasteiger charge is 2.31. The lowest BCUT2D eigenvalue weighted by atomic mass is 9.93. The standard InChI is InChI=1S/C15H31NO2/c1-5-13-6-7-15(12(13)4)16-8-14(17)10-18-9-11(2)3/h11-17H,5-10H2,1-4H3. The molecule has 0 amide bonds. The summed E-state index contributed by atoms with van der Waals surface area (Å²) in [7, 11) is 0. The third-order valence-electron chi connectivity index (χ3n) is 4.13. The number of hydrogen-bond acceptors (Lipinski definition) is 3. The van der Waals surface area contributed by atoms with Gasteiger partial charge in [0.15, 0.2) is 0 Å². The number of aliphatic hydroxyl groups is 1. The summed E-state index contributed by atoms with van der Waals surface area (Å²) in [5.41, 5.74) is 0. The van der Waals surface area contributed by atoms with Crippen LogP contribution in [-0.2, 0) is 4.74 Å². The first-order valence-electron chi connectivity index (χ1n) is 7.53. The Bertz CT molecular complexity index is 221. The van der Waals surface area contributed by atoms with Crippen LogP contribution in [0, 0.1) is 17.8 Å². The second-order valence-electron chi connectivity index (χ2n) is 6.20. The van der Waals surface area contributed by atoms with Crippen molar-refractivity contribution in [2.75, 3.05) is 19.8 Å². The molecule has 1 rings (SSSR count). The lowest BCUT2D eigenvalue weighted by Crippen LogP contribution is -2.39. The summed E-state index contributed by atoms with van der Waals surface area (Å²) in [6, 6.07) is 0.578. The van der Waals surface area contributed by atoms with Gasteiger partial charge >= 0.3 is 0 Å². The summed E-state index contributed by atoms with van der Waals surface area (Å²) in [6.45, 7) is 10.7. The maximum absolute atomic E-state index is 9.84. The van der Waals surface area contributed by atoms with Gasteiger partial charge in [0.2, 0.25) is 0 Å². The minimum atomic E-state index is -0.378. The molecule has 1 aliphatic carbocycles. The zero-order valence-electron chi connectivity index (χ0n) is 12.5. The van der Waals surface area contributed by atoms with E-state index in [1.165, 1.54) is 19.3 Å². The monoisotopic (exact) mass is 257 g/mol. The molecule has 4 atom stereocenters. The average molecular weight is 257 g/mol. The summed E-state index contributed by atoms with van der Waals surface area (Å²) < 4.78 is 5.45. The van der Waals surface area contributed by atoms with Crippen LogP contribution in [0.3, 0.4) is 0 Å². The van der Waals surface area contributed by atoms with Gasteiger partial charge in [-0.05, 0) is 30.6 Å². The number of ether oxygens (including phenoxy) is 1. The molecule has 0 heterocycles. The topological polar surface area (TPSA) is 41.5 Å². The van der Waals surface area contributed by atoms with Crippen molar-refractivity contribution in [3.63, 3.8) is 0 Å². The molecule has 18 heavy (non-hydrogen) atoms. The molecule has 3 nitrogen and oxygen atoms in total. The highest BCUT2D eigenvalue weighted by atomic mass is 16.5. The fraction of sp³-hybridized carbons (Fsp3) is 1.00. The van der Waals surface area contributed by atoms with Crippen LogP contribution in [0.4, 0.5) is 0 Å². The van der Waals surface area contributed by atoms with Crippen molar-refractivity contribution in [3.05, 3.63) is 0 Å². The maximum atomic E-state index is 9.84. The summed E-state index contributed by atoms with van der Waals surface area (Å²) in [6.07, 6.45) is 3.48. The minimum absolute atomic E-state index is 0.378. The van der Waals surface area contributed by atoms with E-state index in [-0.39, 0.29) is 6.10 Å². The molecular weight excluding hydrogens is 226 g/mol. The number of aliphatic hydroxyl groups excluding tert-OH is 1. The van der Waals surface area contributed by atoms with E-state index >= 15 is 0 Å². The normalized spacial score (nSPS) is 30.0. The van der Waals surface area contributed by atoms with Crippen LogP contribution in [0.2, 0.25) is 0 Å². The molecule has 0 bridgehead atoms. The van der Waals surface area contributed by atoms with Crippen LogP contribution in [0.1, 0.15) is 47.0 Å². The van der Waals surface area contributed by atoms with Crippen molar-refractivity contribution >= 4 is 0 Å². The van der Waals surface area contributed by atoms with Crippen LogP contribution in [0.25, 0.3) is 0 Å². The third kappa shape index (κ3) is 5.25. The largest absolute Gasteiger partial charge is 0.389 e. The smallest absolute Gasteiger partial charge is 0.0897 e. The third-order valence-corrected chi connectivity index (χ3v) is 4.13. The quantitative estimate of drug-likeness (QED) is 0.702. The van der Waals surface area contributed by atoms with Crippen LogP contribution >= 0.6 is 0 Å². The van der Waals surface area contributed by atoms with Gasteiger partial charge in [-0.3, -0.25) is 0 Å². The van der Waals surface area contributed by atoms with E-state index in [4.69, 9.17) is 4.74 Å². The molecule has 0 aliphatic heterocycles. The van der Waals surface area contributed by atoms with Gasteiger partial charge in [0.05, 0.1) is 12.7 Å². The van der Waals surface area contributed by atoms with E-state index < -0.39 is 0 Å². The summed E-state index contributed by atoms with van der Waals surface area (Å²) in [5, 5.41) is 13.3. The summed E-state index contributed by atoms with van der Waals surface area (Å²) in [5.74, 6) is 2.13. The molecule has 0 spiro atoms. The van der Waals surface area contributed by atoms with Gasteiger partial charge in [-0.2, -0.15) is 0 Å². The van der Waals surface area contributed by atoms with Gasteiger partial charge in [-0.15, -0.1) is 0 Å². The van der Waals surface area contributed by atoms with Crippen molar-refractivity contribution in [1.82, 2.24) is 5.32 Å². The molecule has 0 aromatic rings. The molecule has 1 fully saturated rings. The SMILES string of the molecule is CCC1CCC(NCC(O)COCC(C)C)C1C. The van der Waals surface area contributed by atoms with Crippen molar-refractivity contribution in [1.29, 1.82) is 0 Å². The van der Waals surface area contributed by atoms with E-state index in [1.54, 1.807) is 0 Å². The lowest BCUT2D eigenvalue weighted by molar-refractivity contribution is 0.0244. The van der Waals surface area contributed by atoms with E-state index in [0.717, 1.165) is 18.4 Å². The molecule has 2 N–H and O–H groups in total. The first kappa shape index (κ1) is 15.9. The van der Waals surface area contributed by atoms with Crippen molar-refractivity contribution in [3.8, 4) is 0 Å². The highest BCUT2D eigenvalue weighted by molar-refractivity contribution is 4.86. The fourth-order valence-electron chi connectivity index (χ4n) is 2.90. The van der Waals surface area contributed by atoms with Crippen LogP contribution in [0.5, 0.6) is 0 Å². The van der Waals surface area contributed by atoms with Gasteiger partial charge < -0.3 is 15.2 Å². The fourth-order valence-corrected chi connectivity index (χ4v) is 2.90. The molecule has 0 aromatic heterocycles. The number of rotatable bonds is 8. The molecule has 108 valence electrons. The Balaban J connectivity index is 2.13. The second kappa shape index (κ2) is 8.13. The predicted molar refractivity (Wildman–Crippen MR) is 75.6 cm³/mol. The first-order chi connectivity index (χ1) is 8.54.